The van der Waals surface area contributed by atoms with Gasteiger partial charge in [0.2, 0.25) is 0 Å². The van der Waals surface area contributed by atoms with Gasteiger partial charge in [0, 0.05) is 38.9 Å². The predicted octanol–water partition coefficient (Wildman–Crippen LogP) is 3.54. The van der Waals surface area contributed by atoms with Crippen molar-refractivity contribution in [1.29, 1.82) is 0 Å². The Hall–Kier alpha value is -1.05. The van der Waals surface area contributed by atoms with E-state index in [1.165, 1.54) is 44.1 Å². The van der Waals surface area contributed by atoms with E-state index in [0.717, 1.165) is 37.3 Å². The number of pyridine rings is 1. The molecule has 1 aliphatic carbocycles. The van der Waals surface area contributed by atoms with Gasteiger partial charge in [0.1, 0.15) is 5.82 Å². The van der Waals surface area contributed by atoms with Crippen molar-refractivity contribution in [3.8, 4) is 0 Å². The summed E-state index contributed by atoms with van der Waals surface area (Å²) >= 11 is 0. The second kappa shape index (κ2) is 10.2. The Bertz CT molecular complexity index is 531. The molecule has 1 saturated carbocycles. The number of nitrogens with one attached hydrogen (secondary N) is 2. The quantitative estimate of drug-likeness (QED) is 0.413. The molecule has 5 nitrogen and oxygen atoms in total. The molecule has 2 aliphatic rings. The fourth-order valence-electron chi connectivity index (χ4n) is 3.59. The fourth-order valence-corrected chi connectivity index (χ4v) is 3.59. The highest BCUT2D eigenvalue weighted by Crippen LogP contribution is 2.21. The average Bonchev–Trinajstić information content (AvgIpc) is 3.13. The van der Waals surface area contributed by atoms with Crippen molar-refractivity contribution >= 4 is 35.8 Å². The summed E-state index contributed by atoms with van der Waals surface area (Å²) in [7, 11) is 1.84. The van der Waals surface area contributed by atoms with Gasteiger partial charge < -0.3 is 15.5 Å². The Morgan fingerprint density at radius 1 is 1.20 bits per heavy atom. The van der Waals surface area contributed by atoms with Gasteiger partial charge in [0.25, 0.3) is 0 Å². The maximum Gasteiger partial charge on any atom is 0.191 e. The third kappa shape index (κ3) is 6.01. The zero-order chi connectivity index (χ0) is 16.8. The SMILES string of the molecule is CN=C(NCc1ccc(N2CCC(C)CC2)nc1)NC1CCCC1.I. The van der Waals surface area contributed by atoms with E-state index in [0.29, 0.717) is 6.04 Å². The Labute approximate surface area is 169 Å². The van der Waals surface area contributed by atoms with E-state index in [9.17, 15) is 0 Å². The van der Waals surface area contributed by atoms with Gasteiger partial charge in [-0.1, -0.05) is 25.8 Å². The van der Waals surface area contributed by atoms with Gasteiger partial charge in [0.15, 0.2) is 5.96 Å². The highest BCUT2D eigenvalue weighted by atomic mass is 127. The van der Waals surface area contributed by atoms with Crippen LogP contribution in [0.3, 0.4) is 0 Å². The van der Waals surface area contributed by atoms with E-state index in [4.69, 9.17) is 0 Å². The molecule has 0 spiro atoms. The molecule has 25 heavy (non-hydrogen) atoms. The van der Waals surface area contributed by atoms with Crippen molar-refractivity contribution in [2.45, 2.75) is 58.0 Å². The van der Waals surface area contributed by atoms with Gasteiger partial charge in [-0.3, -0.25) is 4.99 Å². The minimum absolute atomic E-state index is 0. The molecule has 6 heteroatoms. The summed E-state index contributed by atoms with van der Waals surface area (Å²) in [6.45, 7) is 5.36. The van der Waals surface area contributed by atoms with Gasteiger partial charge in [-0.15, -0.1) is 24.0 Å². The van der Waals surface area contributed by atoms with Crippen LogP contribution >= 0.6 is 24.0 Å². The van der Waals surface area contributed by atoms with Gasteiger partial charge in [-0.05, 0) is 43.2 Å². The average molecular weight is 457 g/mol. The number of nitrogens with zero attached hydrogens (tertiary/aromatic N) is 3. The highest BCUT2D eigenvalue weighted by molar-refractivity contribution is 14.0. The molecule has 3 rings (SSSR count). The Kier molecular flexibility index (Phi) is 8.26. The van der Waals surface area contributed by atoms with Crippen LogP contribution in [0.1, 0.15) is 51.0 Å². The van der Waals surface area contributed by atoms with Gasteiger partial charge in [-0.2, -0.15) is 0 Å². The molecule has 1 aliphatic heterocycles. The molecule has 1 saturated heterocycles. The number of aliphatic imine (C=N–C) groups is 1. The molecule has 2 fully saturated rings. The molecule has 0 amide bonds. The first kappa shape index (κ1) is 20.3. The van der Waals surface area contributed by atoms with Crippen LogP contribution in [-0.4, -0.2) is 37.1 Å². The van der Waals surface area contributed by atoms with Crippen molar-refractivity contribution in [1.82, 2.24) is 15.6 Å². The molecule has 2 N–H and O–H groups in total. The number of halogens is 1. The summed E-state index contributed by atoms with van der Waals surface area (Å²) in [4.78, 5) is 11.4. The van der Waals surface area contributed by atoms with Crippen molar-refractivity contribution in [2.24, 2.45) is 10.9 Å². The lowest BCUT2D eigenvalue weighted by Gasteiger charge is -2.31. The number of anilines is 1. The van der Waals surface area contributed by atoms with E-state index in [1.807, 2.05) is 13.2 Å². The first-order valence-corrected chi connectivity index (χ1v) is 9.41. The standard InChI is InChI=1S/C19H31N5.HI/c1-15-9-11-24(12-10-15)18-8-7-16(13-21-18)14-22-19(20-2)23-17-5-3-4-6-17;/h7-8,13,15,17H,3-6,9-12,14H2,1-2H3,(H2,20,22,23);1H. The smallest absolute Gasteiger partial charge is 0.191 e. The van der Waals surface area contributed by atoms with Crippen LogP contribution in [0.5, 0.6) is 0 Å². The monoisotopic (exact) mass is 457 g/mol. The zero-order valence-corrected chi connectivity index (χ0v) is 17.8. The zero-order valence-electron chi connectivity index (χ0n) is 15.5. The Morgan fingerprint density at radius 3 is 2.52 bits per heavy atom. The summed E-state index contributed by atoms with van der Waals surface area (Å²) in [5.74, 6) is 2.86. The van der Waals surface area contributed by atoms with Crippen LogP contribution in [0.2, 0.25) is 0 Å². The number of hydrogen-bond acceptors (Lipinski definition) is 3. The number of aromatic nitrogens is 1. The molecule has 0 unspecified atom stereocenters. The summed E-state index contributed by atoms with van der Waals surface area (Å²) in [6.07, 6.45) is 9.70. The Balaban J connectivity index is 0.00000225. The number of hydrogen-bond donors (Lipinski definition) is 2. The van der Waals surface area contributed by atoms with E-state index < -0.39 is 0 Å². The van der Waals surface area contributed by atoms with Gasteiger partial charge in [-0.25, -0.2) is 4.98 Å². The summed E-state index contributed by atoms with van der Waals surface area (Å²) in [5, 5.41) is 6.92. The topological polar surface area (TPSA) is 52.6 Å². The molecule has 0 radical (unpaired) electrons. The van der Waals surface area contributed by atoms with E-state index in [2.05, 4.69) is 44.6 Å². The van der Waals surface area contributed by atoms with E-state index >= 15 is 0 Å². The number of rotatable bonds is 4. The molecule has 140 valence electrons. The highest BCUT2D eigenvalue weighted by Gasteiger charge is 2.17. The maximum atomic E-state index is 4.66. The fraction of sp³-hybridized carbons (Fsp3) is 0.684. The van der Waals surface area contributed by atoms with Crippen LogP contribution in [0, 0.1) is 5.92 Å². The summed E-state index contributed by atoms with van der Waals surface area (Å²) in [6, 6.07) is 4.91. The molecule has 1 aromatic heterocycles. The lowest BCUT2D eigenvalue weighted by atomic mass is 9.99. The van der Waals surface area contributed by atoms with Crippen molar-refractivity contribution in [2.75, 3.05) is 25.0 Å². The van der Waals surface area contributed by atoms with Crippen LogP contribution in [-0.2, 0) is 6.54 Å². The molecule has 0 atom stereocenters. The van der Waals surface area contributed by atoms with Gasteiger partial charge >= 0.3 is 0 Å². The van der Waals surface area contributed by atoms with Gasteiger partial charge in [0.05, 0.1) is 0 Å². The van der Waals surface area contributed by atoms with Crippen molar-refractivity contribution in [3.05, 3.63) is 23.9 Å². The largest absolute Gasteiger partial charge is 0.357 e. The lowest BCUT2D eigenvalue weighted by molar-refractivity contribution is 0.436. The second-order valence-corrected chi connectivity index (χ2v) is 7.25. The summed E-state index contributed by atoms with van der Waals surface area (Å²) in [5.41, 5.74) is 1.19. The second-order valence-electron chi connectivity index (χ2n) is 7.25. The Morgan fingerprint density at radius 2 is 1.92 bits per heavy atom. The molecule has 0 bridgehead atoms. The molecule has 1 aromatic rings. The minimum Gasteiger partial charge on any atom is -0.357 e. The van der Waals surface area contributed by atoms with Crippen LogP contribution < -0.4 is 15.5 Å². The number of guanidine groups is 1. The number of piperidine rings is 1. The van der Waals surface area contributed by atoms with Crippen LogP contribution in [0.4, 0.5) is 5.82 Å². The maximum absolute atomic E-state index is 4.66. The lowest BCUT2D eigenvalue weighted by Crippen LogP contribution is -2.41. The third-order valence-corrected chi connectivity index (χ3v) is 5.30. The van der Waals surface area contributed by atoms with Crippen molar-refractivity contribution in [3.63, 3.8) is 0 Å². The molecule has 0 aromatic carbocycles. The summed E-state index contributed by atoms with van der Waals surface area (Å²) < 4.78 is 0. The van der Waals surface area contributed by atoms with E-state index in [1.54, 1.807) is 0 Å². The van der Waals surface area contributed by atoms with Crippen LogP contribution in [0.15, 0.2) is 23.3 Å². The molecular formula is C19H32IN5. The van der Waals surface area contributed by atoms with Crippen LogP contribution in [0.25, 0.3) is 0 Å². The molecular weight excluding hydrogens is 425 g/mol. The first-order chi connectivity index (χ1) is 11.7. The predicted molar refractivity (Wildman–Crippen MR) is 116 cm³/mol. The first-order valence-electron chi connectivity index (χ1n) is 9.41. The normalized spacial score (nSPS) is 19.6. The van der Waals surface area contributed by atoms with Crippen molar-refractivity contribution < 1.29 is 0 Å². The third-order valence-electron chi connectivity index (χ3n) is 5.30. The molecule has 2 heterocycles. The minimum atomic E-state index is 0. The van der Waals surface area contributed by atoms with E-state index in [-0.39, 0.29) is 24.0 Å².